The summed E-state index contributed by atoms with van der Waals surface area (Å²) in [6.45, 7) is 1.97. The molecule has 2 N–H and O–H groups in total. The van der Waals surface area contributed by atoms with Gasteiger partial charge in [0.1, 0.15) is 0 Å². The molecule has 0 unspecified atom stereocenters. The second-order valence-corrected chi connectivity index (χ2v) is 4.12. The Hall–Kier alpha value is -1.58. The molecule has 0 fully saturated rings. The van der Waals surface area contributed by atoms with E-state index >= 15 is 0 Å². The fourth-order valence-electron chi connectivity index (χ4n) is 2.22. The predicted octanol–water partition coefficient (Wildman–Crippen LogP) is 3.29. The molecule has 3 aromatic rings. The summed E-state index contributed by atoms with van der Waals surface area (Å²) < 4.78 is 2.08. The Kier molecular flexibility index (Phi) is 3.55. The van der Waals surface area contributed by atoms with Gasteiger partial charge in [-0.1, -0.05) is 13.0 Å². The van der Waals surface area contributed by atoms with Crippen LogP contribution in [0.2, 0.25) is 0 Å². The first-order chi connectivity index (χ1) is 8.31. The second kappa shape index (κ2) is 4.96. The number of halogens is 1. The number of nitrogens with zero attached hydrogens (tertiary/aromatic N) is 2. The lowest BCUT2D eigenvalue weighted by atomic mass is 10.1. The average Bonchev–Trinajstić information content (AvgIpc) is 2.82. The van der Waals surface area contributed by atoms with Crippen molar-refractivity contribution in [3.63, 3.8) is 0 Å². The molecular weight excluding hydrogens is 246 g/mol. The van der Waals surface area contributed by atoms with Crippen LogP contribution in [0, 0.1) is 6.42 Å². The van der Waals surface area contributed by atoms with Gasteiger partial charge in [-0.3, -0.25) is 4.98 Å². The van der Waals surface area contributed by atoms with Gasteiger partial charge in [-0.25, -0.2) is 0 Å². The van der Waals surface area contributed by atoms with Crippen molar-refractivity contribution >= 4 is 34.2 Å². The first kappa shape index (κ1) is 12.9. The number of rotatable bonds is 2. The maximum Gasteiger partial charge on any atom is 0.0844 e. The zero-order chi connectivity index (χ0) is 11.8. The molecule has 0 saturated heterocycles. The van der Waals surface area contributed by atoms with Crippen LogP contribution in [0.25, 0.3) is 21.8 Å². The molecule has 0 saturated carbocycles. The highest BCUT2D eigenvalue weighted by atomic mass is 35.5. The monoisotopic (exact) mass is 260 g/mol. The van der Waals surface area contributed by atoms with Gasteiger partial charge in [0, 0.05) is 23.2 Å². The minimum absolute atomic E-state index is 0. The Morgan fingerprint density at radius 1 is 1.28 bits per heavy atom. The van der Waals surface area contributed by atoms with Crippen LogP contribution in [0.3, 0.4) is 0 Å². The van der Waals surface area contributed by atoms with E-state index in [9.17, 15) is 0 Å². The summed E-state index contributed by atoms with van der Waals surface area (Å²) >= 11 is 0. The van der Waals surface area contributed by atoms with Crippen LogP contribution in [-0.4, -0.2) is 9.55 Å². The first-order valence-electron chi connectivity index (χ1n) is 5.70. The quantitative estimate of drug-likeness (QED) is 0.768. The Morgan fingerprint density at radius 2 is 2.11 bits per heavy atom. The largest absolute Gasteiger partial charge is 0.331 e. The van der Waals surface area contributed by atoms with Gasteiger partial charge >= 0.3 is 0 Å². The fraction of sp³-hybridized carbons (Fsp3) is 0.143. The molecule has 3 nitrogen and oxygen atoms in total. The Morgan fingerprint density at radius 3 is 2.89 bits per heavy atom. The maximum absolute atomic E-state index is 6.08. The van der Waals surface area contributed by atoms with E-state index in [1.807, 2.05) is 37.9 Å². The van der Waals surface area contributed by atoms with Crippen LogP contribution in [0.4, 0.5) is 0 Å². The molecule has 1 radical (unpaired) electrons. The second-order valence-electron chi connectivity index (χ2n) is 4.12. The van der Waals surface area contributed by atoms with Gasteiger partial charge in [0.25, 0.3) is 0 Å². The summed E-state index contributed by atoms with van der Waals surface area (Å²) in [5.74, 6) is 0. The van der Waals surface area contributed by atoms with E-state index in [4.69, 9.17) is 5.73 Å². The van der Waals surface area contributed by atoms with E-state index in [2.05, 4.69) is 27.8 Å². The van der Waals surface area contributed by atoms with Gasteiger partial charge in [-0.15, -0.1) is 12.4 Å². The molecule has 2 aromatic heterocycles. The Labute approximate surface area is 112 Å². The van der Waals surface area contributed by atoms with Crippen LogP contribution in [-0.2, 0) is 0 Å². The molecule has 1 aromatic carbocycles. The van der Waals surface area contributed by atoms with E-state index in [0.29, 0.717) is 0 Å². The molecule has 2 heterocycles. The van der Waals surface area contributed by atoms with Gasteiger partial charge < -0.3 is 10.3 Å². The van der Waals surface area contributed by atoms with Crippen LogP contribution < -0.4 is 5.73 Å². The number of pyridine rings is 1. The Bertz CT molecular complexity index is 675. The summed E-state index contributed by atoms with van der Waals surface area (Å²) in [4.78, 5) is 4.37. The average molecular weight is 261 g/mol. The number of nitrogens with two attached hydrogens (primary N) is 1. The molecule has 0 aliphatic heterocycles. The third-order valence-corrected chi connectivity index (χ3v) is 3.12. The molecule has 93 valence electrons. The van der Waals surface area contributed by atoms with Crippen LogP contribution in [0.1, 0.15) is 13.1 Å². The summed E-state index contributed by atoms with van der Waals surface area (Å²) in [5.41, 5.74) is 8.24. The fourth-order valence-corrected chi connectivity index (χ4v) is 2.22. The molecule has 0 bridgehead atoms. The van der Waals surface area contributed by atoms with Crippen molar-refractivity contribution in [3.05, 3.63) is 49.1 Å². The summed E-state index contributed by atoms with van der Waals surface area (Å²) in [6, 6.07) is 10.3. The lowest BCUT2D eigenvalue weighted by molar-refractivity contribution is 0.614. The van der Waals surface area contributed by atoms with Crippen molar-refractivity contribution in [2.24, 2.45) is 5.73 Å². The van der Waals surface area contributed by atoms with Gasteiger partial charge in [-0.05, 0) is 30.7 Å². The van der Waals surface area contributed by atoms with Crippen molar-refractivity contribution in [1.82, 2.24) is 9.55 Å². The summed E-state index contributed by atoms with van der Waals surface area (Å²) in [7, 11) is 0. The molecule has 18 heavy (non-hydrogen) atoms. The van der Waals surface area contributed by atoms with E-state index < -0.39 is 0 Å². The van der Waals surface area contributed by atoms with Gasteiger partial charge in [0.05, 0.1) is 17.2 Å². The summed E-state index contributed by atoms with van der Waals surface area (Å²) in [6.07, 6.45) is 5.72. The highest BCUT2D eigenvalue weighted by Crippen LogP contribution is 2.26. The number of hydrogen-bond donors (Lipinski definition) is 1. The van der Waals surface area contributed by atoms with Crippen molar-refractivity contribution < 1.29 is 0 Å². The Balaban J connectivity index is 0.00000120. The lowest BCUT2D eigenvalue weighted by Gasteiger charge is -2.13. The standard InChI is InChI=1S/C14H14N3.ClH/c1-2-13(15)17-9-7-10-5-6-12-11(14(10)17)4-3-8-16-12;/h2-9,13H,15H2,1H3;1H/t13-;/m1./s1. The van der Waals surface area contributed by atoms with E-state index in [0.717, 1.165) is 16.4 Å². The minimum Gasteiger partial charge on any atom is -0.331 e. The molecule has 0 aliphatic carbocycles. The van der Waals surface area contributed by atoms with Crippen LogP contribution in [0.15, 0.2) is 42.7 Å². The van der Waals surface area contributed by atoms with Gasteiger partial charge in [0.2, 0.25) is 0 Å². The number of hydrogen-bond acceptors (Lipinski definition) is 2. The van der Waals surface area contributed by atoms with Gasteiger partial charge in [-0.2, -0.15) is 0 Å². The lowest BCUT2D eigenvalue weighted by Crippen LogP contribution is -2.16. The van der Waals surface area contributed by atoms with E-state index in [-0.39, 0.29) is 18.6 Å². The van der Waals surface area contributed by atoms with E-state index in [1.165, 1.54) is 5.39 Å². The van der Waals surface area contributed by atoms with Crippen LogP contribution >= 0.6 is 12.4 Å². The predicted molar refractivity (Wildman–Crippen MR) is 77.7 cm³/mol. The molecule has 0 spiro atoms. The molecule has 3 rings (SSSR count). The SMILES string of the molecule is C[CH][C@H](N)n1ccc2ccc3ncccc3c21.Cl. The van der Waals surface area contributed by atoms with Crippen molar-refractivity contribution in [3.8, 4) is 0 Å². The molecule has 1 atom stereocenters. The third kappa shape index (κ3) is 1.85. The van der Waals surface area contributed by atoms with Gasteiger partial charge in [0.15, 0.2) is 0 Å². The maximum atomic E-state index is 6.08. The van der Waals surface area contributed by atoms with Crippen molar-refractivity contribution in [1.29, 1.82) is 0 Å². The molecule has 0 aliphatic rings. The normalized spacial score (nSPS) is 12.6. The zero-order valence-corrected chi connectivity index (χ0v) is 10.9. The highest BCUT2D eigenvalue weighted by Gasteiger charge is 2.09. The van der Waals surface area contributed by atoms with Crippen molar-refractivity contribution in [2.75, 3.05) is 0 Å². The molecular formula is C14H15ClN3. The highest BCUT2D eigenvalue weighted by molar-refractivity contribution is 6.04. The third-order valence-electron chi connectivity index (χ3n) is 3.12. The number of benzene rings is 1. The number of fused-ring (bicyclic) bond motifs is 3. The topological polar surface area (TPSA) is 43.8 Å². The first-order valence-corrected chi connectivity index (χ1v) is 5.70. The minimum atomic E-state index is -0.0988. The molecule has 4 heteroatoms. The van der Waals surface area contributed by atoms with E-state index in [1.54, 1.807) is 0 Å². The smallest absolute Gasteiger partial charge is 0.0844 e. The van der Waals surface area contributed by atoms with Crippen LogP contribution in [0.5, 0.6) is 0 Å². The molecule has 0 amide bonds. The zero-order valence-electron chi connectivity index (χ0n) is 10.1. The number of aromatic nitrogens is 2. The van der Waals surface area contributed by atoms with Crippen molar-refractivity contribution in [2.45, 2.75) is 13.1 Å². The summed E-state index contributed by atoms with van der Waals surface area (Å²) in [5, 5.41) is 2.34.